The van der Waals surface area contributed by atoms with Gasteiger partial charge in [0.25, 0.3) is 0 Å². The molecule has 5 rings (SSSR count). The molecule has 254 valence electrons. The van der Waals surface area contributed by atoms with Crippen LogP contribution in [0.5, 0.6) is 0 Å². The molecule has 5 saturated carbocycles. The zero-order chi connectivity index (χ0) is 31.4. The predicted molar refractivity (Wildman–Crippen MR) is 199 cm³/mol. The number of aliphatic hydroxyl groups is 1. The van der Waals surface area contributed by atoms with E-state index in [0.29, 0.717) is 15.3 Å². The Morgan fingerprint density at radius 3 is 2.07 bits per heavy atom. The molecule has 0 bridgehead atoms. The van der Waals surface area contributed by atoms with Gasteiger partial charge in [-0.05, 0) is 154 Å². The van der Waals surface area contributed by atoms with Crippen LogP contribution in [0, 0.1) is 71.0 Å². The van der Waals surface area contributed by atoms with Gasteiger partial charge in [-0.3, -0.25) is 0 Å². The van der Waals surface area contributed by atoms with Crippen molar-refractivity contribution in [2.24, 2.45) is 71.0 Å². The topological polar surface area (TPSA) is 20.2 Å². The van der Waals surface area contributed by atoms with Crippen LogP contribution in [-0.2, 0) is 0 Å². The highest BCUT2D eigenvalue weighted by Gasteiger charge is 2.44. The molecule has 0 saturated heterocycles. The van der Waals surface area contributed by atoms with Crippen LogP contribution in [-0.4, -0.2) is 14.6 Å². The molecule has 10 atom stereocenters. The number of fused-ring (bicyclic) bond motifs is 1. The SMILES string of the molecule is C=C(C(C)CC)C(CC1CCCCC1)CC1CC2CCC(CC(O)C3CCCC(C)C3C3CCC(C(C)(C)I)CC3)CC2C1. The summed E-state index contributed by atoms with van der Waals surface area (Å²) in [5.74, 6) is 9.88. The third-order valence-corrected chi connectivity index (χ3v) is 15.8. The van der Waals surface area contributed by atoms with Crippen LogP contribution in [0.2, 0.25) is 0 Å². The molecule has 2 heteroatoms. The summed E-state index contributed by atoms with van der Waals surface area (Å²) in [6, 6.07) is 0. The fourth-order valence-electron chi connectivity index (χ4n) is 12.1. The molecule has 0 spiro atoms. The van der Waals surface area contributed by atoms with Crippen LogP contribution in [0.1, 0.15) is 169 Å². The lowest BCUT2D eigenvalue weighted by atomic mass is 9.60. The molecule has 10 unspecified atom stereocenters. The Kier molecular flexibility index (Phi) is 13.2. The van der Waals surface area contributed by atoms with Crippen LogP contribution < -0.4 is 0 Å². The molecule has 0 aromatic heterocycles. The van der Waals surface area contributed by atoms with E-state index in [-0.39, 0.29) is 6.10 Å². The Hall–Kier alpha value is 0.430. The van der Waals surface area contributed by atoms with Gasteiger partial charge in [-0.15, -0.1) is 0 Å². The zero-order valence-electron chi connectivity index (χ0n) is 29.9. The summed E-state index contributed by atoms with van der Waals surface area (Å²) in [6.07, 6.45) is 29.4. The number of alkyl halides is 1. The highest BCUT2D eigenvalue weighted by Crippen LogP contribution is 2.53. The quantitative estimate of drug-likeness (QED) is 0.121. The summed E-state index contributed by atoms with van der Waals surface area (Å²) in [5.41, 5.74) is 1.59. The van der Waals surface area contributed by atoms with E-state index in [2.05, 4.69) is 57.2 Å². The van der Waals surface area contributed by atoms with Crippen LogP contribution in [0.25, 0.3) is 0 Å². The van der Waals surface area contributed by atoms with Crippen molar-refractivity contribution in [3.63, 3.8) is 0 Å². The van der Waals surface area contributed by atoms with E-state index in [1.165, 1.54) is 128 Å². The van der Waals surface area contributed by atoms with E-state index in [1.54, 1.807) is 5.57 Å². The average Bonchev–Trinajstić information content (AvgIpc) is 3.41. The molecule has 1 nitrogen and oxygen atoms in total. The van der Waals surface area contributed by atoms with Crippen molar-refractivity contribution in [3.05, 3.63) is 12.2 Å². The summed E-state index contributed by atoms with van der Waals surface area (Å²) < 4.78 is 0.427. The van der Waals surface area contributed by atoms with Gasteiger partial charge in [0.1, 0.15) is 0 Å². The van der Waals surface area contributed by atoms with Gasteiger partial charge in [-0.25, -0.2) is 0 Å². The molecule has 0 heterocycles. The Bertz CT molecular complexity index is 875. The number of hydrogen-bond donors (Lipinski definition) is 1. The number of aliphatic hydroxyl groups excluding tert-OH is 1. The monoisotopic (exact) mass is 720 g/mol. The fraction of sp³-hybridized carbons (Fsp3) is 0.952. The lowest BCUT2D eigenvalue weighted by molar-refractivity contribution is -0.0289. The van der Waals surface area contributed by atoms with Crippen LogP contribution in [0.4, 0.5) is 0 Å². The first-order valence-corrected chi connectivity index (χ1v) is 21.2. The molecule has 0 aliphatic heterocycles. The van der Waals surface area contributed by atoms with Gasteiger partial charge in [0.15, 0.2) is 0 Å². The minimum absolute atomic E-state index is 0.0565. The van der Waals surface area contributed by atoms with Crippen molar-refractivity contribution < 1.29 is 5.11 Å². The molecule has 0 amide bonds. The Morgan fingerprint density at radius 2 is 1.39 bits per heavy atom. The Morgan fingerprint density at radius 1 is 0.750 bits per heavy atom. The van der Waals surface area contributed by atoms with Crippen LogP contribution in [0.15, 0.2) is 12.2 Å². The summed E-state index contributed by atoms with van der Waals surface area (Å²) in [6.45, 7) is 17.0. The van der Waals surface area contributed by atoms with E-state index in [0.717, 1.165) is 65.6 Å². The fourth-order valence-corrected chi connectivity index (χ4v) is 12.7. The van der Waals surface area contributed by atoms with E-state index in [4.69, 9.17) is 6.58 Å². The second kappa shape index (κ2) is 16.2. The summed E-state index contributed by atoms with van der Waals surface area (Å²) in [4.78, 5) is 0. The third kappa shape index (κ3) is 9.11. The maximum atomic E-state index is 11.9. The minimum Gasteiger partial charge on any atom is -0.393 e. The summed E-state index contributed by atoms with van der Waals surface area (Å²) in [7, 11) is 0. The molecule has 5 aliphatic carbocycles. The highest BCUT2D eigenvalue weighted by molar-refractivity contribution is 14.1. The number of hydrogen-bond acceptors (Lipinski definition) is 1. The van der Waals surface area contributed by atoms with Gasteiger partial charge >= 0.3 is 0 Å². The van der Waals surface area contributed by atoms with E-state index < -0.39 is 0 Å². The maximum Gasteiger partial charge on any atom is 0.0573 e. The Balaban J connectivity index is 1.14. The highest BCUT2D eigenvalue weighted by atomic mass is 127. The predicted octanol–water partition coefficient (Wildman–Crippen LogP) is 12.8. The standard InChI is InChI=1S/C42H73IO/c1-7-28(2)30(4)36(22-31-13-9-8-10-14-31)25-33-24-35-17-16-32(23-37(35)26-33)27-40(44)39-15-11-12-29(3)41(39)34-18-20-38(21-19-34)42(5,6)43/h28-29,31-41,44H,4,7-27H2,1-3,5-6H3. The number of allylic oxidation sites excluding steroid dienone is 1. The molecule has 0 aromatic carbocycles. The summed E-state index contributed by atoms with van der Waals surface area (Å²) >= 11 is 2.70. The molecule has 0 radical (unpaired) electrons. The minimum atomic E-state index is -0.0565. The molecule has 5 fully saturated rings. The lowest BCUT2D eigenvalue weighted by Gasteiger charge is -2.47. The average molecular weight is 721 g/mol. The van der Waals surface area contributed by atoms with Crippen molar-refractivity contribution in [2.45, 2.75) is 179 Å². The van der Waals surface area contributed by atoms with E-state index >= 15 is 0 Å². The molecular weight excluding hydrogens is 647 g/mol. The van der Waals surface area contributed by atoms with E-state index in [1.807, 2.05) is 0 Å². The second-order valence-electron chi connectivity index (χ2n) is 18.2. The van der Waals surface area contributed by atoms with Crippen molar-refractivity contribution >= 4 is 22.6 Å². The number of halogens is 1. The summed E-state index contributed by atoms with van der Waals surface area (Å²) in [5, 5.41) is 11.9. The number of rotatable bonds is 12. The van der Waals surface area contributed by atoms with Gasteiger partial charge in [-0.1, -0.05) is 121 Å². The van der Waals surface area contributed by atoms with Crippen molar-refractivity contribution in [1.29, 1.82) is 0 Å². The molecule has 1 N–H and O–H groups in total. The van der Waals surface area contributed by atoms with Crippen LogP contribution in [0.3, 0.4) is 0 Å². The smallest absolute Gasteiger partial charge is 0.0573 e. The zero-order valence-corrected chi connectivity index (χ0v) is 32.0. The maximum absolute atomic E-state index is 11.9. The third-order valence-electron chi connectivity index (χ3n) is 15.0. The van der Waals surface area contributed by atoms with Crippen LogP contribution >= 0.6 is 22.6 Å². The van der Waals surface area contributed by atoms with Crippen molar-refractivity contribution in [2.75, 3.05) is 0 Å². The van der Waals surface area contributed by atoms with Crippen molar-refractivity contribution in [1.82, 2.24) is 0 Å². The van der Waals surface area contributed by atoms with Crippen molar-refractivity contribution in [3.8, 4) is 0 Å². The lowest BCUT2D eigenvalue weighted by Crippen LogP contribution is -2.42. The molecular formula is C42H73IO. The normalized spacial score (nSPS) is 39.4. The van der Waals surface area contributed by atoms with Gasteiger partial charge in [0.05, 0.1) is 6.10 Å². The molecule has 44 heavy (non-hydrogen) atoms. The Labute approximate surface area is 288 Å². The van der Waals surface area contributed by atoms with Gasteiger partial charge in [0, 0.05) is 3.42 Å². The largest absolute Gasteiger partial charge is 0.393 e. The second-order valence-corrected chi connectivity index (χ2v) is 21.0. The molecule has 0 aromatic rings. The first-order chi connectivity index (χ1) is 21.0. The van der Waals surface area contributed by atoms with Gasteiger partial charge in [-0.2, -0.15) is 0 Å². The first kappa shape index (κ1) is 35.7. The van der Waals surface area contributed by atoms with Gasteiger partial charge in [0.2, 0.25) is 0 Å². The molecule has 5 aliphatic rings. The van der Waals surface area contributed by atoms with E-state index in [9.17, 15) is 5.11 Å². The first-order valence-electron chi connectivity index (χ1n) is 20.1. The van der Waals surface area contributed by atoms with Gasteiger partial charge < -0.3 is 5.11 Å².